The summed E-state index contributed by atoms with van der Waals surface area (Å²) in [5.74, 6) is -0.545. The summed E-state index contributed by atoms with van der Waals surface area (Å²) >= 11 is 5.98. The number of rotatable bonds is 2. The second-order valence-corrected chi connectivity index (χ2v) is 4.85. The number of nitrogens with two attached hydrogens (primary N) is 1. The van der Waals surface area contributed by atoms with Crippen molar-refractivity contribution in [2.75, 3.05) is 0 Å². The van der Waals surface area contributed by atoms with Gasteiger partial charge in [0.1, 0.15) is 23.0 Å². The Morgan fingerprint density at radius 2 is 1.90 bits per heavy atom. The summed E-state index contributed by atoms with van der Waals surface area (Å²) in [7, 11) is 0. The molecule has 0 aliphatic carbocycles. The zero-order chi connectivity index (χ0) is 14.3. The maximum absolute atomic E-state index is 13.8. The number of hydrogen-bond donors (Lipinski definition) is 1. The molecule has 2 N–H and O–H groups in total. The van der Waals surface area contributed by atoms with E-state index in [0.717, 1.165) is 0 Å². The van der Waals surface area contributed by atoms with Gasteiger partial charge in [-0.25, -0.2) is 8.78 Å². The predicted molar refractivity (Wildman–Crippen MR) is 73.6 cm³/mol. The smallest absolute Gasteiger partial charge is 0.134 e. The van der Waals surface area contributed by atoms with Crippen LogP contribution in [-0.2, 0) is 0 Å². The van der Waals surface area contributed by atoms with E-state index >= 15 is 0 Å². The van der Waals surface area contributed by atoms with E-state index in [0.29, 0.717) is 16.7 Å². The van der Waals surface area contributed by atoms with Gasteiger partial charge in [-0.05, 0) is 36.4 Å². The number of halogens is 3. The second-order valence-electron chi connectivity index (χ2n) is 4.44. The van der Waals surface area contributed by atoms with Crippen LogP contribution in [0.4, 0.5) is 8.78 Å². The van der Waals surface area contributed by atoms with Crippen molar-refractivity contribution in [3.63, 3.8) is 0 Å². The molecule has 5 heteroatoms. The summed E-state index contributed by atoms with van der Waals surface area (Å²) < 4.78 is 32.5. The van der Waals surface area contributed by atoms with Gasteiger partial charge in [0.15, 0.2) is 0 Å². The molecule has 1 atom stereocenters. The molecular formula is C15H10ClF2NO. The van der Waals surface area contributed by atoms with Gasteiger partial charge in [0.2, 0.25) is 0 Å². The van der Waals surface area contributed by atoms with Crippen LogP contribution >= 0.6 is 11.6 Å². The third-order valence-electron chi connectivity index (χ3n) is 3.11. The van der Waals surface area contributed by atoms with E-state index < -0.39 is 11.9 Å². The molecule has 0 aliphatic rings. The first-order valence-electron chi connectivity index (χ1n) is 5.95. The lowest BCUT2D eigenvalue weighted by atomic mass is 10.0. The maximum atomic E-state index is 13.8. The molecule has 2 aromatic carbocycles. The topological polar surface area (TPSA) is 39.2 Å². The van der Waals surface area contributed by atoms with Gasteiger partial charge in [-0.2, -0.15) is 0 Å². The fourth-order valence-electron chi connectivity index (χ4n) is 2.14. The Morgan fingerprint density at radius 1 is 1.10 bits per heavy atom. The van der Waals surface area contributed by atoms with E-state index in [2.05, 4.69) is 0 Å². The van der Waals surface area contributed by atoms with Gasteiger partial charge in [-0.3, -0.25) is 0 Å². The Bertz CT molecular complexity index is 764. The molecule has 0 bridgehead atoms. The van der Waals surface area contributed by atoms with Crippen LogP contribution in [0.15, 0.2) is 46.9 Å². The van der Waals surface area contributed by atoms with Crippen molar-refractivity contribution in [3.05, 3.63) is 70.4 Å². The molecule has 0 fully saturated rings. The minimum atomic E-state index is -0.848. The molecule has 0 spiro atoms. The second kappa shape index (κ2) is 4.89. The van der Waals surface area contributed by atoms with Gasteiger partial charge in [-0.15, -0.1) is 0 Å². The lowest BCUT2D eigenvalue weighted by Crippen LogP contribution is -2.13. The van der Waals surface area contributed by atoms with Crippen molar-refractivity contribution >= 4 is 22.6 Å². The monoisotopic (exact) mass is 293 g/mol. The standard InChI is InChI=1S/C15H10ClF2NO/c16-10-2-1-3-11(18)14(10)15(19)13-7-8-6-9(17)4-5-12(8)20-13/h1-7,15H,19H2. The summed E-state index contributed by atoms with van der Waals surface area (Å²) in [5.41, 5.74) is 6.66. The average Bonchev–Trinajstić information content (AvgIpc) is 2.81. The first-order chi connectivity index (χ1) is 9.56. The Kier molecular flexibility index (Phi) is 3.20. The minimum absolute atomic E-state index is 0.161. The summed E-state index contributed by atoms with van der Waals surface area (Å²) in [6, 6.07) is 9.21. The lowest BCUT2D eigenvalue weighted by Gasteiger charge is -2.11. The number of fused-ring (bicyclic) bond motifs is 1. The molecule has 0 amide bonds. The van der Waals surface area contributed by atoms with E-state index in [4.69, 9.17) is 21.8 Å². The summed E-state index contributed by atoms with van der Waals surface area (Å²) in [6.07, 6.45) is 0. The zero-order valence-corrected chi connectivity index (χ0v) is 11.0. The summed E-state index contributed by atoms with van der Waals surface area (Å²) in [4.78, 5) is 0. The molecule has 1 heterocycles. The van der Waals surface area contributed by atoms with Gasteiger partial charge in [0, 0.05) is 16.0 Å². The van der Waals surface area contributed by atoms with E-state index in [9.17, 15) is 8.78 Å². The number of furan rings is 1. The summed E-state index contributed by atoms with van der Waals surface area (Å²) in [6.45, 7) is 0. The fraction of sp³-hybridized carbons (Fsp3) is 0.0667. The van der Waals surface area contributed by atoms with Crippen LogP contribution in [0.1, 0.15) is 17.4 Å². The molecule has 0 aliphatic heterocycles. The number of benzene rings is 2. The molecule has 102 valence electrons. The van der Waals surface area contributed by atoms with Crippen molar-refractivity contribution in [1.82, 2.24) is 0 Å². The molecule has 3 rings (SSSR count). The Balaban J connectivity index is 2.10. The van der Waals surface area contributed by atoms with Gasteiger partial charge in [0.25, 0.3) is 0 Å². The summed E-state index contributed by atoms with van der Waals surface area (Å²) in [5, 5.41) is 0.798. The van der Waals surface area contributed by atoms with Gasteiger partial charge < -0.3 is 10.2 Å². The quantitative estimate of drug-likeness (QED) is 0.760. The van der Waals surface area contributed by atoms with Crippen LogP contribution in [0.2, 0.25) is 5.02 Å². The van der Waals surface area contributed by atoms with E-state index in [1.165, 1.54) is 30.3 Å². The van der Waals surface area contributed by atoms with Crippen molar-refractivity contribution in [3.8, 4) is 0 Å². The molecule has 1 unspecified atom stereocenters. The van der Waals surface area contributed by atoms with Crippen molar-refractivity contribution < 1.29 is 13.2 Å². The van der Waals surface area contributed by atoms with E-state index in [1.807, 2.05) is 0 Å². The van der Waals surface area contributed by atoms with Crippen LogP contribution < -0.4 is 5.73 Å². The molecule has 1 aromatic heterocycles. The lowest BCUT2D eigenvalue weighted by molar-refractivity contribution is 0.510. The first kappa shape index (κ1) is 13.1. The Hall–Kier alpha value is -1.91. The first-order valence-corrected chi connectivity index (χ1v) is 6.32. The van der Waals surface area contributed by atoms with Crippen LogP contribution in [0, 0.1) is 11.6 Å². The van der Waals surface area contributed by atoms with E-state index in [1.54, 1.807) is 12.1 Å². The van der Waals surface area contributed by atoms with Gasteiger partial charge in [0.05, 0.1) is 6.04 Å². The SMILES string of the molecule is NC(c1cc2cc(F)ccc2o1)c1c(F)cccc1Cl. The maximum Gasteiger partial charge on any atom is 0.134 e. The fourth-order valence-corrected chi connectivity index (χ4v) is 2.42. The predicted octanol–water partition coefficient (Wildman–Crippen LogP) is 4.41. The molecule has 0 saturated carbocycles. The highest BCUT2D eigenvalue weighted by Crippen LogP contribution is 2.32. The minimum Gasteiger partial charge on any atom is -0.459 e. The molecule has 20 heavy (non-hydrogen) atoms. The van der Waals surface area contributed by atoms with Crippen molar-refractivity contribution in [2.24, 2.45) is 5.73 Å². The van der Waals surface area contributed by atoms with Crippen LogP contribution in [0.5, 0.6) is 0 Å². The molecule has 0 radical (unpaired) electrons. The van der Waals surface area contributed by atoms with Gasteiger partial charge in [-0.1, -0.05) is 17.7 Å². The third-order valence-corrected chi connectivity index (χ3v) is 3.44. The molecule has 3 aromatic rings. The highest BCUT2D eigenvalue weighted by Gasteiger charge is 2.20. The highest BCUT2D eigenvalue weighted by atomic mass is 35.5. The normalized spacial score (nSPS) is 12.8. The van der Waals surface area contributed by atoms with Crippen molar-refractivity contribution in [2.45, 2.75) is 6.04 Å². The van der Waals surface area contributed by atoms with Crippen LogP contribution in [0.25, 0.3) is 11.0 Å². The molecule has 2 nitrogen and oxygen atoms in total. The Morgan fingerprint density at radius 3 is 2.65 bits per heavy atom. The third kappa shape index (κ3) is 2.17. The molecule has 0 saturated heterocycles. The van der Waals surface area contributed by atoms with Crippen LogP contribution in [0.3, 0.4) is 0 Å². The Labute approximate surface area is 118 Å². The largest absolute Gasteiger partial charge is 0.459 e. The number of hydrogen-bond acceptors (Lipinski definition) is 2. The molecular weight excluding hydrogens is 284 g/mol. The van der Waals surface area contributed by atoms with Crippen molar-refractivity contribution in [1.29, 1.82) is 0 Å². The highest BCUT2D eigenvalue weighted by molar-refractivity contribution is 6.31. The zero-order valence-electron chi connectivity index (χ0n) is 10.2. The average molecular weight is 294 g/mol. The van der Waals surface area contributed by atoms with Gasteiger partial charge >= 0.3 is 0 Å². The van der Waals surface area contributed by atoms with E-state index in [-0.39, 0.29) is 16.4 Å². The van der Waals surface area contributed by atoms with Crippen LogP contribution in [-0.4, -0.2) is 0 Å².